The van der Waals surface area contributed by atoms with Gasteiger partial charge in [0, 0.05) is 17.8 Å². The minimum Gasteiger partial charge on any atom is -0.383 e. The van der Waals surface area contributed by atoms with Crippen LogP contribution in [-0.4, -0.2) is 42.1 Å². The van der Waals surface area contributed by atoms with Crippen LogP contribution in [0.5, 0.6) is 0 Å². The Bertz CT molecular complexity index is 438. The zero-order chi connectivity index (χ0) is 15.3. The molecule has 0 saturated heterocycles. The van der Waals surface area contributed by atoms with Crippen LogP contribution in [0.2, 0.25) is 0 Å². The van der Waals surface area contributed by atoms with Crippen LogP contribution in [0, 0.1) is 0 Å². The quantitative estimate of drug-likeness (QED) is 0.845. The second kappa shape index (κ2) is 7.23. The van der Waals surface area contributed by atoms with Crippen LogP contribution in [0.4, 0.5) is 5.82 Å². The Morgan fingerprint density at radius 1 is 1.33 bits per heavy atom. The summed E-state index contributed by atoms with van der Waals surface area (Å²) < 4.78 is 0. The summed E-state index contributed by atoms with van der Waals surface area (Å²) in [6, 6.07) is 4.51. The summed E-state index contributed by atoms with van der Waals surface area (Å²) in [7, 11) is 4.45. The van der Waals surface area contributed by atoms with Crippen molar-refractivity contribution in [2.75, 3.05) is 26.4 Å². The average Bonchev–Trinajstić information content (AvgIpc) is 2.49. The van der Waals surface area contributed by atoms with Gasteiger partial charge in [-0.15, -0.1) is 0 Å². The molecule has 1 aliphatic carbocycles. The fourth-order valence-corrected chi connectivity index (χ4v) is 3.81. The van der Waals surface area contributed by atoms with E-state index in [0.29, 0.717) is 11.9 Å². The van der Waals surface area contributed by atoms with Crippen molar-refractivity contribution in [1.82, 2.24) is 15.2 Å². The molecule has 2 rings (SSSR count). The summed E-state index contributed by atoms with van der Waals surface area (Å²) in [5, 5.41) is 3.73. The SMILES string of the molecule is CCNC(Cc1cccnc1N)C1(N(C)C)CCCCC1. The van der Waals surface area contributed by atoms with Gasteiger partial charge < -0.3 is 16.0 Å². The molecule has 118 valence electrons. The summed E-state index contributed by atoms with van der Waals surface area (Å²) in [4.78, 5) is 6.68. The highest BCUT2D eigenvalue weighted by molar-refractivity contribution is 5.39. The zero-order valence-corrected chi connectivity index (χ0v) is 13.7. The second-order valence-corrected chi connectivity index (χ2v) is 6.42. The topological polar surface area (TPSA) is 54.2 Å². The predicted octanol–water partition coefficient (Wildman–Crippen LogP) is 2.45. The molecule has 1 atom stereocenters. The first-order valence-corrected chi connectivity index (χ1v) is 8.20. The molecule has 0 radical (unpaired) electrons. The summed E-state index contributed by atoms with van der Waals surface area (Å²) in [5.74, 6) is 0.671. The smallest absolute Gasteiger partial charge is 0.126 e. The normalized spacial score (nSPS) is 19.6. The molecule has 1 saturated carbocycles. The molecular weight excluding hydrogens is 260 g/mol. The van der Waals surface area contributed by atoms with Gasteiger partial charge in [0.15, 0.2) is 0 Å². The lowest BCUT2D eigenvalue weighted by Crippen LogP contribution is -2.60. The molecule has 21 heavy (non-hydrogen) atoms. The molecule has 0 bridgehead atoms. The first-order valence-electron chi connectivity index (χ1n) is 8.20. The van der Waals surface area contributed by atoms with Crippen LogP contribution in [0.15, 0.2) is 18.3 Å². The number of hydrogen-bond donors (Lipinski definition) is 2. The number of aromatic nitrogens is 1. The van der Waals surface area contributed by atoms with Crippen LogP contribution < -0.4 is 11.1 Å². The maximum Gasteiger partial charge on any atom is 0.126 e. The van der Waals surface area contributed by atoms with E-state index >= 15 is 0 Å². The first-order chi connectivity index (χ1) is 10.1. The zero-order valence-electron chi connectivity index (χ0n) is 13.7. The summed E-state index contributed by atoms with van der Waals surface area (Å²) >= 11 is 0. The number of anilines is 1. The average molecular weight is 290 g/mol. The molecule has 0 amide bonds. The highest BCUT2D eigenvalue weighted by Crippen LogP contribution is 2.36. The molecule has 1 fully saturated rings. The third-order valence-electron chi connectivity index (χ3n) is 5.06. The number of nitrogens with two attached hydrogens (primary N) is 1. The maximum atomic E-state index is 6.06. The second-order valence-electron chi connectivity index (χ2n) is 6.42. The van der Waals surface area contributed by atoms with Gasteiger partial charge >= 0.3 is 0 Å². The highest BCUT2D eigenvalue weighted by atomic mass is 15.2. The van der Waals surface area contributed by atoms with Gasteiger partial charge in [-0.2, -0.15) is 0 Å². The van der Waals surface area contributed by atoms with Crippen molar-refractivity contribution in [1.29, 1.82) is 0 Å². The molecule has 0 aromatic carbocycles. The van der Waals surface area contributed by atoms with Crippen LogP contribution >= 0.6 is 0 Å². The fraction of sp³-hybridized carbons (Fsp3) is 0.706. The predicted molar refractivity (Wildman–Crippen MR) is 89.3 cm³/mol. The van der Waals surface area contributed by atoms with E-state index in [1.165, 1.54) is 32.1 Å². The van der Waals surface area contributed by atoms with Crippen molar-refractivity contribution in [3.8, 4) is 0 Å². The van der Waals surface area contributed by atoms with Crippen LogP contribution in [0.25, 0.3) is 0 Å². The Balaban J connectivity index is 2.25. The molecule has 1 aromatic rings. The fourth-order valence-electron chi connectivity index (χ4n) is 3.81. The molecule has 0 aliphatic heterocycles. The molecule has 1 aliphatic rings. The highest BCUT2D eigenvalue weighted by Gasteiger charge is 2.41. The van der Waals surface area contributed by atoms with E-state index in [1.54, 1.807) is 6.20 Å². The lowest BCUT2D eigenvalue weighted by molar-refractivity contribution is 0.0575. The van der Waals surface area contributed by atoms with Crippen molar-refractivity contribution in [2.24, 2.45) is 0 Å². The van der Waals surface area contributed by atoms with Gasteiger partial charge in [-0.3, -0.25) is 0 Å². The minimum atomic E-state index is 0.233. The summed E-state index contributed by atoms with van der Waals surface area (Å²) in [5.41, 5.74) is 7.46. The van der Waals surface area contributed by atoms with Crippen molar-refractivity contribution >= 4 is 5.82 Å². The van der Waals surface area contributed by atoms with Crippen molar-refractivity contribution in [2.45, 2.75) is 57.0 Å². The Morgan fingerprint density at radius 3 is 2.62 bits per heavy atom. The van der Waals surface area contributed by atoms with Gasteiger partial charge in [0.2, 0.25) is 0 Å². The Kier molecular flexibility index (Phi) is 5.59. The third kappa shape index (κ3) is 3.55. The molecule has 4 nitrogen and oxygen atoms in total. The van der Waals surface area contributed by atoms with E-state index in [0.717, 1.165) is 18.5 Å². The molecule has 0 spiro atoms. The van der Waals surface area contributed by atoms with Crippen LogP contribution in [0.1, 0.15) is 44.6 Å². The number of nitrogens with one attached hydrogen (secondary N) is 1. The van der Waals surface area contributed by atoms with E-state index in [-0.39, 0.29) is 5.54 Å². The first kappa shape index (κ1) is 16.2. The van der Waals surface area contributed by atoms with Gasteiger partial charge in [-0.25, -0.2) is 4.98 Å². The Morgan fingerprint density at radius 2 is 2.05 bits per heavy atom. The number of likely N-dealkylation sites (N-methyl/N-ethyl adjacent to an activating group) is 2. The number of pyridine rings is 1. The lowest BCUT2D eigenvalue weighted by Gasteiger charge is -2.49. The van der Waals surface area contributed by atoms with Gasteiger partial charge in [0.25, 0.3) is 0 Å². The van der Waals surface area contributed by atoms with Crippen LogP contribution in [0.3, 0.4) is 0 Å². The number of rotatable bonds is 6. The third-order valence-corrected chi connectivity index (χ3v) is 5.06. The monoisotopic (exact) mass is 290 g/mol. The molecule has 1 aromatic heterocycles. The van der Waals surface area contributed by atoms with E-state index < -0.39 is 0 Å². The van der Waals surface area contributed by atoms with Crippen molar-refractivity contribution < 1.29 is 0 Å². The van der Waals surface area contributed by atoms with Gasteiger partial charge in [0.05, 0.1) is 0 Å². The minimum absolute atomic E-state index is 0.233. The molecular formula is C17H30N4. The number of nitrogen functional groups attached to an aromatic ring is 1. The van der Waals surface area contributed by atoms with Crippen molar-refractivity contribution in [3.05, 3.63) is 23.9 Å². The largest absolute Gasteiger partial charge is 0.383 e. The van der Waals surface area contributed by atoms with E-state index in [4.69, 9.17) is 5.73 Å². The van der Waals surface area contributed by atoms with Gasteiger partial charge in [-0.1, -0.05) is 32.3 Å². The Hall–Kier alpha value is -1.13. The molecule has 1 unspecified atom stereocenters. The lowest BCUT2D eigenvalue weighted by atomic mass is 9.73. The van der Waals surface area contributed by atoms with E-state index in [2.05, 4.69) is 42.3 Å². The number of nitrogens with zero attached hydrogens (tertiary/aromatic N) is 2. The summed E-state index contributed by atoms with van der Waals surface area (Å²) in [6.45, 7) is 3.17. The van der Waals surface area contributed by atoms with Gasteiger partial charge in [0.1, 0.15) is 5.82 Å². The van der Waals surface area contributed by atoms with E-state index in [9.17, 15) is 0 Å². The molecule has 3 N–H and O–H groups in total. The number of hydrogen-bond acceptors (Lipinski definition) is 4. The maximum absolute atomic E-state index is 6.06. The summed E-state index contributed by atoms with van der Waals surface area (Å²) in [6.07, 6.45) is 9.25. The Labute approximate surface area is 129 Å². The molecule has 1 heterocycles. The molecule has 4 heteroatoms. The van der Waals surface area contributed by atoms with Gasteiger partial charge in [-0.05, 0) is 51.5 Å². The van der Waals surface area contributed by atoms with Crippen LogP contribution in [-0.2, 0) is 6.42 Å². The van der Waals surface area contributed by atoms with E-state index in [1.807, 2.05) is 6.07 Å². The standard InChI is InChI=1S/C17H30N4/c1-4-19-15(13-14-9-8-12-20-16(14)18)17(21(2)3)10-6-5-7-11-17/h8-9,12,15,19H,4-7,10-11,13H2,1-3H3,(H2,18,20). The van der Waals surface area contributed by atoms with Crippen molar-refractivity contribution in [3.63, 3.8) is 0 Å².